The van der Waals surface area contributed by atoms with Crippen molar-refractivity contribution in [3.63, 3.8) is 0 Å². The Morgan fingerprint density at radius 2 is 1.81 bits per heavy atom. The lowest BCUT2D eigenvalue weighted by molar-refractivity contribution is -0.138. The standard InChI is InChI=1S/C28H30N6O2/c1-36-24(35)18-34(15-14-29)27-31-17-21-16-23(19-6-3-2-4-7-19)25(32-26(21)33-27)20-8-10-22(11-9-20)28(30)12-5-13-28/h2-4,6-11,16-17H,5,12-15,18,29-30H2,1H3. The normalized spacial score (nSPS) is 14.3. The number of fused-ring (bicyclic) bond motifs is 1. The number of carbonyl (C=O) groups is 1. The van der Waals surface area contributed by atoms with E-state index < -0.39 is 0 Å². The number of nitrogens with zero attached hydrogens (tertiary/aromatic N) is 4. The molecular weight excluding hydrogens is 452 g/mol. The van der Waals surface area contributed by atoms with Gasteiger partial charge in [-0.1, -0.05) is 54.6 Å². The van der Waals surface area contributed by atoms with Gasteiger partial charge < -0.3 is 21.1 Å². The van der Waals surface area contributed by atoms with E-state index in [0.29, 0.717) is 24.7 Å². The van der Waals surface area contributed by atoms with Crippen LogP contribution in [0.3, 0.4) is 0 Å². The van der Waals surface area contributed by atoms with Gasteiger partial charge in [0.05, 0.1) is 12.8 Å². The lowest BCUT2D eigenvalue weighted by atomic mass is 9.72. The average Bonchev–Trinajstić information content (AvgIpc) is 2.91. The van der Waals surface area contributed by atoms with Gasteiger partial charge >= 0.3 is 5.97 Å². The molecular formula is C28H30N6O2. The fraction of sp³-hybridized carbons (Fsp3) is 0.286. The van der Waals surface area contributed by atoms with Crippen LogP contribution in [0.25, 0.3) is 33.4 Å². The fourth-order valence-corrected chi connectivity index (χ4v) is 4.60. The van der Waals surface area contributed by atoms with E-state index in [1.54, 1.807) is 11.1 Å². The molecule has 4 N–H and O–H groups in total. The second-order valence-electron chi connectivity index (χ2n) is 9.21. The summed E-state index contributed by atoms with van der Waals surface area (Å²) >= 11 is 0. The van der Waals surface area contributed by atoms with Crippen LogP contribution in [0.15, 0.2) is 66.9 Å². The first-order valence-corrected chi connectivity index (χ1v) is 12.2. The molecule has 0 saturated heterocycles. The number of anilines is 1. The summed E-state index contributed by atoms with van der Waals surface area (Å²) in [5.74, 6) is -0.000820. The molecule has 0 unspecified atom stereocenters. The van der Waals surface area contributed by atoms with Gasteiger partial charge in [0.15, 0.2) is 5.65 Å². The van der Waals surface area contributed by atoms with Crippen molar-refractivity contribution in [3.8, 4) is 22.4 Å². The second kappa shape index (κ2) is 10.0. The highest BCUT2D eigenvalue weighted by Gasteiger charge is 2.34. The number of nitrogens with two attached hydrogens (primary N) is 2. The van der Waals surface area contributed by atoms with Crippen LogP contribution in [0.4, 0.5) is 5.95 Å². The summed E-state index contributed by atoms with van der Waals surface area (Å²) < 4.78 is 4.82. The van der Waals surface area contributed by atoms with Crippen molar-refractivity contribution in [1.29, 1.82) is 0 Å². The highest BCUT2D eigenvalue weighted by atomic mass is 16.5. The summed E-state index contributed by atoms with van der Waals surface area (Å²) in [7, 11) is 1.35. The molecule has 2 aromatic carbocycles. The molecule has 36 heavy (non-hydrogen) atoms. The summed E-state index contributed by atoms with van der Waals surface area (Å²) in [6.07, 6.45) is 4.93. The van der Waals surface area contributed by atoms with Gasteiger partial charge in [-0.25, -0.2) is 9.97 Å². The number of aromatic nitrogens is 3. The third kappa shape index (κ3) is 4.65. The van der Waals surface area contributed by atoms with Crippen molar-refractivity contribution in [1.82, 2.24) is 15.0 Å². The number of hydrogen-bond acceptors (Lipinski definition) is 8. The van der Waals surface area contributed by atoms with E-state index >= 15 is 0 Å². The van der Waals surface area contributed by atoms with Crippen LogP contribution in [-0.2, 0) is 15.1 Å². The van der Waals surface area contributed by atoms with Crippen molar-refractivity contribution < 1.29 is 9.53 Å². The topological polar surface area (TPSA) is 120 Å². The van der Waals surface area contributed by atoms with Crippen LogP contribution >= 0.6 is 0 Å². The molecule has 1 saturated carbocycles. The molecule has 0 aliphatic heterocycles. The first-order valence-electron chi connectivity index (χ1n) is 12.2. The first kappa shape index (κ1) is 23.8. The van der Waals surface area contributed by atoms with Crippen LogP contribution in [0, 0.1) is 0 Å². The number of esters is 1. The van der Waals surface area contributed by atoms with Crippen LogP contribution < -0.4 is 16.4 Å². The van der Waals surface area contributed by atoms with E-state index in [1.807, 2.05) is 18.2 Å². The summed E-state index contributed by atoms with van der Waals surface area (Å²) in [5.41, 5.74) is 17.6. The molecule has 2 heterocycles. The molecule has 1 fully saturated rings. The van der Waals surface area contributed by atoms with Crippen molar-refractivity contribution >= 4 is 23.0 Å². The van der Waals surface area contributed by atoms with Crippen LogP contribution in [0.5, 0.6) is 0 Å². The molecule has 1 aliphatic rings. The highest BCUT2D eigenvalue weighted by Crippen LogP contribution is 2.40. The molecule has 5 rings (SSSR count). The van der Waals surface area contributed by atoms with Gasteiger partial charge in [-0.15, -0.1) is 0 Å². The average molecular weight is 483 g/mol. The Kier molecular flexibility index (Phi) is 6.63. The molecule has 0 spiro atoms. The van der Waals surface area contributed by atoms with E-state index in [4.69, 9.17) is 26.2 Å². The smallest absolute Gasteiger partial charge is 0.325 e. The second-order valence-corrected chi connectivity index (χ2v) is 9.21. The van der Waals surface area contributed by atoms with Crippen LogP contribution in [0.2, 0.25) is 0 Å². The molecule has 4 aromatic rings. The fourth-order valence-electron chi connectivity index (χ4n) is 4.60. The number of benzene rings is 2. The molecule has 0 amide bonds. The maximum atomic E-state index is 11.9. The molecule has 0 bridgehead atoms. The number of methoxy groups -OCH3 is 1. The summed E-state index contributed by atoms with van der Waals surface area (Å²) in [6.45, 7) is 0.771. The monoisotopic (exact) mass is 482 g/mol. The molecule has 0 radical (unpaired) electrons. The van der Waals surface area contributed by atoms with Gasteiger partial charge in [-0.2, -0.15) is 4.98 Å². The number of hydrogen-bond donors (Lipinski definition) is 2. The minimum absolute atomic E-state index is 0.0104. The quantitative estimate of drug-likeness (QED) is 0.365. The minimum Gasteiger partial charge on any atom is -0.468 e. The number of pyridine rings is 1. The van der Waals surface area contributed by atoms with Gasteiger partial charge in [0.25, 0.3) is 0 Å². The molecule has 184 valence electrons. The van der Waals surface area contributed by atoms with Crippen molar-refractivity contribution in [2.45, 2.75) is 24.8 Å². The molecule has 0 atom stereocenters. The van der Waals surface area contributed by atoms with Gasteiger partial charge in [0.2, 0.25) is 5.95 Å². The Labute approximate surface area is 210 Å². The Hall–Kier alpha value is -3.88. The van der Waals surface area contributed by atoms with Gasteiger partial charge in [0, 0.05) is 41.3 Å². The largest absolute Gasteiger partial charge is 0.468 e. The zero-order valence-electron chi connectivity index (χ0n) is 20.4. The number of carbonyl (C=O) groups excluding carboxylic acids is 1. The van der Waals surface area contributed by atoms with E-state index in [0.717, 1.165) is 46.2 Å². The third-order valence-corrected chi connectivity index (χ3v) is 6.85. The number of rotatable bonds is 8. The first-order chi connectivity index (χ1) is 17.5. The molecule has 8 nitrogen and oxygen atoms in total. The Morgan fingerprint density at radius 1 is 1.06 bits per heavy atom. The maximum absolute atomic E-state index is 11.9. The lowest BCUT2D eigenvalue weighted by Gasteiger charge is -2.38. The Bertz CT molecular complexity index is 1370. The zero-order valence-corrected chi connectivity index (χ0v) is 20.4. The predicted molar refractivity (Wildman–Crippen MR) is 141 cm³/mol. The zero-order chi connectivity index (χ0) is 25.1. The van der Waals surface area contributed by atoms with E-state index in [9.17, 15) is 4.79 Å². The van der Waals surface area contributed by atoms with Crippen molar-refractivity contribution in [2.24, 2.45) is 11.5 Å². The van der Waals surface area contributed by atoms with Crippen LogP contribution in [0.1, 0.15) is 24.8 Å². The summed E-state index contributed by atoms with van der Waals surface area (Å²) in [5, 5.41) is 0.805. The Balaban J connectivity index is 1.61. The van der Waals surface area contributed by atoms with Crippen LogP contribution in [-0.4, -0.2) is 47.7 Å². The lowest BCUT2D eigenvalue weighted by Crippen LogP contribution is -2.43. The summed E-state index contributed by atoms with van der Waals surface area (Å²) in [6, 6.07) is 20.6. The van der Waals surface area contributed by atoms with E-state index in [2.05, 4.69) is 47.4 Å². The minimum atomic E-state index is -0.385. The van der Waals surface area contributed by atoms with Crippen molar-refractivity contribution in [3.05, 3.63) is 72.4 Å². The van der Waals surface area contributed by atoms with Gasteiger partial charge in [-0.3, -0.25) is 4.79 Å². The third-order valence-electron chi connectivity index (χ3n) is 6.85. The molecule has 2 aromatic heterocycles. The van der Waals surface area contributed by atoms with Gasteiger partial charge in [0.1, 0.15) is 6.54 Å². The maximum Gasteiger partial charge on any atom is 0.325 e. The van der Waals surface area contributed by atoms with E-state index in [1.165, 1.54) is 13.5 Å². The molecule has 8 heteroatoms. The predicted octanol–water partition coefficient (Wildman–Crippen LogP) is 3.63. The highest BCUT2D eigenvalue weighted by molar-refractivity contribution is 5.90. The van der Waals surface area contributed by atoms with Crippen molar-refractivity contribution in [2.75, 3.05) is 31.6 Å². The van der Waals surface area contributed by atoms with Gasteiger partial charge in [-0.05, 0) is 36.5 Å². The number of ether oxygens (including phenoxy) is 1. The Morgan fingerprint density at radius 3 is 2.44 bits per heavy atom. The molecule has 1 aliphatic carbocycles. The summed E-state index contributed by atoms with van der Waals surface area (Å²) in [4.78, 5) is 27.8. The SMILES string of the molecule is COC(=O)CN(CCN)c1ncc2cc(-c3ccccc3)c(-c3ccc(C4(N)CCC4)cc3)nc2n1. The van der Waals surface area contributed by atoms with E-state index in [-0.39, 0.29) is 18.1 Å².